The minimum absolute atomic E-state index is 0.261. The molecule has 0 aromatic heterocycles. The Kier molecular flexibility index (Phi) is 3.89. The van der Waals surface area contributed by atoms with E-state index in [2.05, 4.69) is 13.2 Å². The molecule has 0 saturated heterocycles. The minimum Gasteiger partial charge on any atom is -0.419 e. The molecule has 0 N–H and O–H groups in total. The maximum Gasteiger partial charge on any atom is 0.336 e. The van der Waals surface area contributed by atoms with Gasteiger partial charge in [-0.3, -0.25) is 0 Å². The van der Waals surface area contributed by atoms with Gasteiger partial charge in [-0.25, -0.2) is 9.59 Å². The summed E-state index contributed by atoms with van der Waals surface area (Å²) in [6.07, 6.45) is 7.79. The summed E-state index contributed by atoms with van der Waals surface area (Å²) in [7, 11) is 0. The lowest BCUT2D eigenvalue weighted by atomic mass is 9.67. The van der Waals surface area contributed by atoms with Gasteiger partial charge in [0.05, 0.1) is 5.41 Å². The quantitative estimate of drug-likeness (QED) is 0.440. The molecule has 3 saturated carbocycles. The maximum atomic E-state index is 12.2. The van der Waals surface area contributed by atoms with Crippen molar-refractivity contribution in [2.45, 2.75) is 58.2 Å². The molecule has 0 heterocycles. The number of esters is 2. The number of ether oxygens (including phenoxy) is 2. The minimum atomic E-state index is -1.24. The maximum absolute atomic E-state index is 12.2. The Morgan fingerprint density at radius 1 is 1.26 bits per heavy atom. The van der Waals surface area contributed by atoms with Crippen LogP contribution in [0.3, 0.4) is 0 Å². The highest BCUT2D eigenvalue weighted by atomic mass is 16.7. The van der Waals surface area contributed by atoms with Crippen LogP contribution in [0.15, 0.2) is 24.8 Å². The van der Waals surface area contributed by atoms with Crippen LogP contribution in [0.2, 0.25) is 0 Å². The van der Waals surface area contributed by atoms with Crippen molar-refractivity contribution in [3.05, 3.63) is 24.8 Å². The lowest BCUT2D eigenvalue weighted by Crippen LogP contribution is -2.54. The fourth-order valence-electron chi connectivity index (χ4n) is 5.53. The van der Waals surface area contributed by atoms with E-state index in [1.807, 2.05) is 0 Å². The van der Waals surface area contributed by atoms with Gasteiger partial charge in [-0.15, -0.1) is 0 Å². The van der Waals surface area contributed by atoms with Crippen LogP contribution in [0.4, 0.5) is 0 Å². The molecule has 0 amide bonds. The first-order valence-corrected chi connectivity index (χ1v) is 8.57. The van der Waals surface area contributed by atoms with Gasteiger partial charge in [0.25, 0.3) is 5.79 Å². The highest BCUT2D eigenvalue weighted by molar-refractivity contribution is 5.87. The summed E-state index contributed by atoms with van der Waals surface area (Å²) in [5, 5.41) is 0. The van der Waals surface area contributed by atoms with Gasteiger partial charge in [0.1, 0.15) is 0 Å². The molecule has 4 nitrogen and oxygen atoms in total. The van der Waals surface area contributed by atoms with Gasteiger partial charge in [0.15, 0.2) is 0 Å². The Labute approximate surface area is 137 Å². The summed E-state index contributed by atoms with van der Waals surface area (Å²) in [5.74, 6) is -0.444. The van der Waals surface area contributed by atoms with E-state index in [9.17, 15) is 9.59 Å². The van der Waals surface area contributed by atoms with Gasteiger partial charge in [0, 0.05) is 18.6 Å². The second kappa shape index (κ2) is 5.50. The van der Waals surface area contributed by atoms with Crippen molar-refractivity contribution in [3.63, 3.8) is 0 Å². The van der Waals surface area contributed by atoms with E-state index in [-0.39, 0.29) is 5.41 Å². The third-order valence-electron chi connectivity index (χ3n) is 6.47. The molecule has 3 aliphatic rings. The Bertz CT molecular complexity index is 566. The van der Waals surface area contributed by atoms with Crippen LogP contribution < -0.4 is 0 Å². The fourth-order valence-corrected chi connectivity index (χ4v) is 5.53. The first kappa shape index (κ1) is 16.3. The zero-order valence-electron chi connectivity index (χ0n) is 14.1. The second-order valence-corrected chi connectivity index (χ2v) is 7.60. The Morgan fingerprint density at radius 3 is 2.65 bits per heavy atom. The summed E-state index contributed by atoms with van der Waals surface area (Å²) >= 11 is 0. The fraction of sp³-hybridized carbons (Fsp3) is 0.684. The van der Waals surface area contributed by atoms with E-state index >= 15 is 0 Å². The second-order valence-electron chi connectivity index (χ2n) is 7.60. The van der Waals surface area contributed by atoms with Crippen molar-refractivity contribution >= 4 is 11.9 Å². The molecular formula is C19H26O4. The molecule has 5 unspecified atom stereocenters. The number of hydrogen-bond acceptors (Lipinski definition) is 4. The predicted molar refractivity (Wildman–Crippen MR) is 86.2 cm³/mol. The van der Waals surface area contributed by atoms with Crippen LogP contribution in [-0.4, -0.2) is 17.7 Å². The van der Waals surface area contributed by atoms with E-state index in [4.69, 9.17) is 9.47 Å². The van der Waals surface area contributed by atoms with Crippen LogP contribution >= 0.6 is 0 Å². The third kappa shape index (κ3) is 2.34. The molecule has 4 heteroatoms. The van der Waals surface area contributed by atoms with Gasteiger partial charge >= 0.3 is 11.9 Å². The smallest absolute Gasteiger partial charge is 0.336 e. The standard InChI is InChI=1S/C19H26O4/c1-5-16(20)22-18(4,23-17(21)12(2)3)19-10-9-13(11-19)14-7-6-8-15(14)19/h5,13-15H,1-2,6-11H2,3-4H3. The molecule has 5 atom stereocenters. The Hall–Kier alpha value is -1.58. The van der Waals surface area contributed by atoms with E-state index in [1.165, 1.54) is 12.8 Å². The first-order valence-electron chi connectivity index (χ1n) is 8.57. The van der Waals surface area contributed by atoms with Crippen LogP contribution in [0.5, 0.6) is 0 Å². The molecule has 2 bridgehead atoms. The molecule has 0 spiro atoms. The zero-order chi connectivity index (χ0) is 16.8. The highest BCUT2D eigenvalue weighted by Gasteiger charge is 2.69. The van der Waals surface area contributed by atoms with Gasteiger partial charge in [-0.2, -0.15) is 0 Å². The number of carbonyl (C=O) groups is 2. The highest BCUT2D eigenvalue weighted by Crippen LogP contribution is 2.70. The number of rotatable bonds is 5. The van der Waals surface area contributed by atoms with Crippen molar-refractivity contribution in [3.8, 4) is 0 Å². The van der Waals surface area contributed by atoms with Gasteiger partial charge in [-0.1, -0.05) is 19.6 Å². The molecular weight excluding hydrogens is 292 g/mol. The van der Waals surface area contributed by atoms with Gasteiger partial charge < -0.3 is 9.47 Å². The number of hydrogen-bond donors (Lipinski definition) is 0. The molecule has 23 heavy (non-hydrogen) atoms. The Balaban J connectivity index is 1.97. The monoisotopic (exact) mass is 318 g/mol. The van der Waals surface area contributed by atoms with Crippen LogP contribution in [0.25, 0.3) is 0 Å². The topological polar surface area (TPSA) is 52.6 Å². The zero-order valence-corrected chi connectivity index (χ0v) is 14.1. The normalized spacial score (nSPS) is 36.9. The summed E-state index contributed by atoms with van der Waals surface area (Å²) in [6, 6.07) is 0. The van der Waals surface area contributed by atoms with E-state index < -0.39 is 17.7 Å². The van der Waals surface area contributed by atoms with Crippen LogP contribution in [0.1, 0.15) is 52.4 Å². The lowest BCUT2D eigenvalue weighted by molar-refractivity contribution is -0.269. The molecule has 3 rings (SSSR count). The molecule has 0 aliphatic heterocycles. The molecule has 3 fully saturated rings. The summed E-state index contributed by atoms with van der Waals surface area (Å²) in [4.78, 5) is 24.2. The van der Waals surface area contributed by atoms with Crippen molar-refractivity contribution in [2.24, 2.45) is 23.2 Å². The van der Waals surface area contributed by atoms with E-state index in [1.54, 1.807) is 13.8 Å². The molecule has 0 aromatic rings. The van der Waals surface area contributed by atoms with Crippen molar-refractivity contribution < 1.29 is 19.1 Å². The summed E-state index contributed by atoms with van der Waals surface area (Å²) in [5.41, 5.74) is 0.0561. The average molecular weight is 318 g/mol. The van der Waals surface area contributed by atoms with Gasteiger partial charge in [-0.05, 0) is 56.8 Å². The van der Waals surface area contributed by atoms with E-state index in [0.29, 0.717) is 23.3 Å². The van der Waals surface area contributed by atoms with Crippen molar-refractivity contribution in [1.82, 2.24) is 0 Å². The first-order chi connectivity index (χ1) is 10.8. The third-order valence-corrected chi connectivity index (χ3v) is 6.47. The van der Waals surface area contributed by atoms with Gasteiger partial charge in [0.2, 0.25) is 0 Å². The number of fused-ring (bicyclic) bond motifs is 5. The van der Waals surface area contributed by atoms with Crippen molar-refractivity contribution in [1.29, 1.82) is 0 Å². The Morgan fingerprint density at radius 2 is 2.00 bits per heavy atom. The molecule has 3 aliphatic carbocycles. The van der Waals surface area contributed by atoms with E-state index in [0.717, 1.165) is 31.8 Å². The number of carbonyl (C=O) groups excluding carboxylic acids is 2. The predicted octanol–water partition coefficient (Wildman–Crippen LogP) is 3.77. The van der Waals surface area contributed by atoms with Crippen LogP contribution in [-0.2, 0) is 19.1 Å². The van der Waals surface area contributed by atoms with Crippen LogP contribution in [0, 0.1) is 23.2 Å². The molecule has 0 aromatic carbocycles. The lowest BCUT2D eigenvalue weighted by Gasteiger charge is -2.47. The van der Waals surface area contributed by atoms with Crippen molar-refractivity contribution in [2.75, 3.05) is 0 Å². The summed E-state index contributed by atoms with van der Waals surface area (Å²) in [6.45, 7) is 10.5. The largest absolute Gasteiger partial charge is 0.419 e. The SMILES string of the molecule is C=CC(=O)OC(C)(OC(=O)C(=C)C)C12CCC(C1)C1CCCC12. The summed E-state index contributed by atoms with van der Waals surface area (Å²) < 4.78 is 11.4. The average Bonchev–Trinajstić information content (AvgIpc) is 3.19. The molecule has 126 valence electrons. The molecule has 0 radical (unpaired) electrons.